The average Bonchev–Trinajstić information content (AvgIpc) is 3.12. The highest BCUT2D eigenvalue weighted by molar-refractivity contribution is 7.16. The van der Waals surface area contributed by atoms with Crippen LogP contribution in [-0.4, -0.2) is 37.9 Å². The lowest BCUT2D eigenvalue weighted by atomic mass is 9.88. The lowest BCUT2D eigenvalue weighted by Crippen LogP contribution is -2.69. The summed E-state index contributed by atoms with van der Waals surface area (Å²) in [6.07, 6.45) is -3.33. The maximum atomic E-state index is 14.4. The molecule has 0 fully saturated rings. The number of alkyl halides is 3. The van der Waals surface area contributed by atoms with Crippen molar-refractivity contribution in [2.75, 3.05) is 19.5 Å². The lowest BCUT2D eigenvalue weighted by Gasteiger charge is -2.34. The molecule has 1 aromatic carbocycles. The van der Waals surface area contributed by atoms with E-state index < -0.39 is 23.7 Å². The highest BCUT2D eigenvalue weighted by atomic mass is 32.1. The van der Waals surface area contributed by atoms with Gasteiger partial charge in [0, 0.05) is 10.4 Å². The molecule has 1 aromatic heterocycles. The largest absolute Gasteiger partial charge is 0.497 e. The van der Waals surface area contributed by atoms with E-state index >= 15 is 0 Å². The van der Waals surface area contributed by atoms with Crippen LogP contribution in [0.1, 0.15) is 39.7 Å². The fourth-order valence-electron chi connectivity index (χ4n) is 3.66. The van der Waals surface area contributed by atoms with Crippen LogP contribution in [0.4, 0.5) is 18.2 Å². The first-order valence-electron chi connectivity index (χ1n) is 10.0. The Morgan fingerprint density at radius 1 is 1.21 bits per heavy atom. The summed E-state index contributed by atoms with van der Waals surface area (Å²) < 4.78 is 52.6. The van der Waals surface area contributed by atoms with E-state index in [2.05, 4.69) is 10.1 Å². The van der Waals surface area contributed by atoms with Gasteiger partial charge in [0.1, 0.15) is 16.8 Å². The lowest BCUT2D eigenvalue weighted by molar-refractivity contribution is -0.203. The molecule has 0 saturated heterocycles. The molecule has 0 radical (unpaired) electrons. The predicted molar refractivity (Wildman–Crippen MR) is 115 cm³/mol. The summed E-state index contributed by atoms with van der Waals surface area (Å²) in [7, 11) is 2.19. The second-order valence-electron chi connectivity index (χ2n) is 7.71. The van der Waals surface area contributed by atoms with Crippen LogP contribution in [-0.2, 0) is 22.4 Å². The number of halogens is 3. The van der Waals surface area contributed by atoms with Gasteiger partial charge in [-0.1, -0.05) is 6.92 Å². The van der Waals surface area contributed by atoms with Gasteiger partial charge in [0.25, 0.3) is 5.91 Å². The summed E-state index contributed by atoms with van der Waals surface area (Å²) >= 11 is 0.980. The molecule has 2 aromatic rings. The number of ether oxygens (including phenoxy) is 2. The number of nitrogens with zero attached hydrogens (tertiary/aromatic N) is 1. The Kier molecular flexibility index (Phi) is 6.88. The number of nitriles is 1. The molecule has 7 nitrogen and oxygen atoms in total. The monoisotopic (exact) mass is 481 g/mol. The zero-order valence-electron chi connectivity index (χ0n) is 18.1. The van der Waals surface area contributed by atoms with E-state index in [0.717, 1.165) is 29.7 Å². The van der Waals surface area contributed by atoms with Gasteiger partial charge < -0.3 is 20.1 Å². The summed E-state index contributed by atoms with van der Waals surface area (Å²) in [6.45, 7) is 2.02. The SMILES string of the molecule is COC(=O)[C@@](NC(=O)c1ccc(OC)cc1)(Nc1sc2c(c1C#N)CC[C@@H](C)C2)C(F)(F)F. The van der Waals surface area contributed by atoms with Crippen LogP contribution in [0.5, 0.6) is 5.75 Å². The van der Waals surface area contributed by atoms with Crippen LogP contribution in [0, 0.1) is 17.2 Å². The Morgan fingerprint density at radius 2 is 1.88 bits per heavy atom. The number of esters is 1. The molecule has 3 rings (SSSR count). The molecule has 2 N–H and O–H groups in total. The minimum Gasteiger partial charge on any atom is -0.497 e. The van der Waals surface area contributed by atoms with Crippen LogP contribution < -0.4 is 15.4 Å². The van der Waals surface area contributed by atoms with Crippen molar-refractivity contribution in [2.45, 2.75) is 38.0 Å². The average molecular weight is 481 g/mol. The normalized spacial score (nSPS) is 17.2. The Balaban J connectivity index is 2.06. The van der Waals surface area contributed by atoms with E-state index in [1.54, 1.807) is 5.32 Å². The van der Waals surface area contributed by atoms with Gasteiger partial charge in [0.15, 0.2) is 0 Å². The zero-order chi connectivity index (χ0) is 24.4. The topological polar surface area (TPSA) is 100 Å². The van der Waals surface area contributed by atoms with Crippen LogP contribution in [0.25, 0.3) is 0 Å². The predicted octanol–water partition coefficient (Wildman–Crippen LogP) is 4.03. The van der Waals surface area contributed by atoms with Gasteiger partial charge in [0.2, 0.25) is 0 Å². The van der Waals surface area contributed by atoms with Gasteiger partial charge in [-0.3, -0.25) is 4.79 Å². The molecular weight excluding hydrogens is 459 g/mol. The van der Waals surface area contributed by atoms with Crippen molar-refractivity contribution in [1.29, 1.82) is 5.26 Å². The quantitative estimate of drug-likeness (QED) is 0.477. The molecule has 2 atom stereocenters. The molecule has 0 saturated carbocycles. The summed E-state index contributed by atoms with van der Waals surface area (Å²) in [6, 6.07) is 7.28. The van der Waals surface area contributed by atoms with E-state index in [0.29, 0.717) is 30.1 Å². The molecule has 0 spiro atoms. The van der Waals surface area contributed by atoms with Gasteiger partial charge in [0.05, 0.1) is 19.8 Å². The Bertz CT molecular complexity index is 1090. The van der Waals surface area contributed by atoms with Crippen LogP contribution in [0.15, 0.2) is 24.3 Å². The molecule has 1 aliphatic carbocycles. The fourth-order valence-corrected chi connectivity index (χ4v) is 5.07. The van der Waals surface area contributed by atoms with Crippen molar-refractivity contribution in [3.05, 3.63) is 45.8 Å². The van der Waals surface area contributed by atoms with Crippen LogP contribution in [0.3, 0.4) is 0 Å². The fraction of sp³-hybridized carbons (Fsp3) is 0.409. The third kappa shape index (κ3) is 4.61. The van der Waals surface area contributed by atoms with E-state index in [1.165, 1.54) is 31.4 Å². The van der Waals surface area contributed by atoms with Crippen LogP contribution in [0.2, 0.25) is 0 Å². The third-order valence-electron chi connectivity index (χ3n) is 5.49. The molecule has 0 bridgehead atoms. The van der Waals surface area contributed by atoms with Gasteiger partial charge in [-0.2, -0.15) is 18.4 Å². The summed E-state index contributed by atoms with van der Waals surface area (Å²) in [4.78, 5) is 26.1. The molecule has 176 valence electrons. The second kappa shape index (κ2) is 9.31. The summed E-state index contributed by atoms with van der Waals surface area (Å²) in [5.41, 5.74) is -3.03. The first-order valence-corrected chi connectivity index (χ1v) is 10.8. The molecule has 11 heteroatoms. The number of thiophene rings is 1. The molecule has 1 aliphatic rings. The first-order chi connectivity index (χ1) is 15.6. The van der Waals surface area contributed by atoms with E-state index in [4.69, 9.17) is 4.74 Å². The highest BCUT2D eigenvalue weighted by Crippen LogP contribution is 2.42. The van der Waals surface area contributed by atoms with Crippen molar-refractivity contribution >= 4 is 28.2 Å². The van der Waals surface area contributed by atoms with Gasteiger partial charge >= 0.3 is 17.8 Å². The third-order valence-corrected chi connectivity index (χ3v) is 6.66. The number of nitrogens with one attached hydrogen (secondary N) is 2. The van der Waals surface area contributed by atoms with Crippen molar-refractivity contribution in [3.8, 4) is 11.8 Å². The van der Waals surface area contributed by atoms with Gasteiger partial charge in [-0.25, -0.2) is 4.79 Å². The number of amides is 1. The van der Waals surface area contributed by atoms with Gasteiger partial charge in [-0.15, -0.1) is 11.3 Å². The Hall–Kier alpha value is -3.26. The molecule has 1 amide bonds. The van der Waals surface area contributed by atoms with Gasteiger partial charge in [-0.05, 0) is 55.0 Å². The van der Waals surface area contributed by atoms with Crippen molar-refractivity contribution in [1.82, 2.24) is 5.32 Å². The van der Waals surface area contributed by atoms with Crippen LogP contribution >= 0.6 is 11.3 Å². The van der Waals surface area contributed by atoms with Crippen molar-refractivity contribution < 1.29 is 32.2 Å². The minimum atomic E-state index is -5.30. The summed E-state index contributed by atoms with van der Waals surface area (Å²) in [5, 5.41) is 13.4. The Morgan fingerprint density at radius 3 is 2.42 bits per heavy atom. The number of rotatable bonds is 6. The minimum absolute atomic E-state index is 0.0399. The zero-order valence-corrected chi connectivity index (χ0v) is 18.9. The number of benzene rings is 1. The molecule has 33 heavy (non-hydrogen) atoms. The molecule has 1 heterocycles. The Labute approximate surface area is 192 Å². The maximum Gasteiger partial charge on any atom is 0.441 e. The first kappa shape index (κ1) is 24.4. The molecule has 0 aliphatic heterocycles. The maximum absolute atomic E-state index is 14.4. The number of anilines is 1. The van der Waals surface area contributed by atoms with Crippen molar-refractivity contribution in [2.24, 2.45) is 5.92 Å². The molecular formula is C22H22F3N3O4S. The van der Waals surface area contributed by atoms with E-state index in [-0.39, 0.29) is 16.1 Å². The number of carbonyl (C=O) groups excluding carboxylic acids is 2. The summed E-state index contributed by atoms with van der Waals surface area (Å²) in [5.74, 6) is -2.21. The number of hydrogen-bond donors (Lipinski definition) is 2. The second-order valence-corrected chi connectivity index (χ2v) is 8.82. The number of methoxy groups -OCH3 is 2. The van der Waals surface area contributed by atoms with Crippen molar-refractivity contribution in [3.63, 3.8) is 0 Å². The number of carbonyl (C=O) groups is 2. The highest BCUT2D eigenvalue weighted by Gasteiger charge is 2.64. The molecule has 0 unspecified atom stereocenters. The number of hydrogen-bond acceptors (Lipinski definition) is 7. The smallest absolute Gasteiger partial charge is 0.441 e. The standard InChI is InChI=1S/C22H22F3N3O4S/c1-12-4-9-15-16(11-26)19(33-17(15)10-12)28-21(20(30)32-3,22(23,24)25)27-18(29)13-5-7-14(31-2)8-6-13/h5-8,12,28H,4,9-10H2,1-3H3,(H,27,29)/t12-,21-/m1/s1. The van der Waals surface area contributed by atoms with E-state index in [1.807, 2.05) is 13.0 Å². The number of fused-ring (bicyclic) bond motifs is 1. The van der Waals surface area contributed by atoms with E-state index in [9.17, 15) is 28.0 Å².